The third-order valence-corrected chi connectivity index (χ3v) is 4.52. The minimum atomic E-state index is 0.336. The largest absolute Gasteiger partial charge is 0.375 e. The van der Waals surface area contributed by atoms with Crippen LogP contribution >= 0.6 is 0 Å². The highest BCUT2D eigenvalue weighted by atomic mass is 16.5. The molecule has 2 aliphatic rings. The van der Waals surface area contributed by atoms with Crippen LogP contribution in [0.3, 0.4) is 0 Å². The van der Waals surface area contributed by atoms with E-state index < -0.39 is 0 Å². The van der Waals surface area contributed by atoms with Crippen molar-refractivity contribution in [1.29, 1.82) is 0 Å². The molecule has 0 bridgehead atoms. The van der Waals surface area contributed by atoms with Crippen molar-refractivity contribution in [2.75, 3.05) is 19.7 Å². The van der Waals surface area contributed by atoms with Crippen LogP contribution in [0.25, 0.3) is 0 Å². The van der Waals surface area contributed by atoms with Crippen molar-refractivity contribution in [3.8, 4) is 0 Å². The van der Waals surface area contributed by atoms with Crippen LogP contribution < -0.4 is 5.32 Å². The Bertz CT molecular complexity index is 247. The second-order valence-electron chi connectivity index (χ2n) is 6.30. The summed E-state index contributed by atoms with van der Waals surface area (Å²) in [5, 5.41) is 3.44. The molecule has 19 heavy (non-hydrogen) atoms. The summed E-state index contributed by atoms with van der Waals surface area (Å²) in [4.78, 5) is 0. The van der Waals surface area contributed by atoms with Gasteiger partial charge in [-0.25, -0.2) is 0 Å². The highest BCUT2D eigenvalue weighted by Gasteiger charge is 2.28. The molecule has 2 rings (SSSR count). The van der Waals surface area contributed by atoms with E-state index >= 15 is 0 Å². The molecule has 112 valence electrons. The Kier molecular flexibility index (Phi) is 6.62. The summed E-state index contributed by atoms with van der Waals surface area (Å²) in [7, 11) is 0. The summed E-state index contributed by atoms with van der Waals surface area (Å²) in [6.07, 6.45) is 10.1. The maximum absolute atomic E-state index is 6.11. The molecule has 0 aromatic carbocycles. The lowest BCUT2D eigenvalue weighted by atomic mass is 9.88. The van der Waals surface area contributed by atoms with Crippen molar-refractivity contribution in [3.05, 3.63) is 0 Å². The molecule has 0 spiro atoms. The molecule has 1 aliphatic carbocycles. The van der Waals surface area contributed by atoms with Crippen LogP contribution in [0, 0.1) is 5.92 Å². The van der Waals surface area contributed by atoms with Gasteiger partial charge in [0.05, 0.1) is 24.9 Å². The van der Waals surface area contributed by atoms with Gasteiger partial charge in [-0.1, -0.05) is 26.7 Å². The molecule has 3 heteroatoms. The summed E-state index contributed by atoms with van der Waals surface area (Å²) in [6.45, 7) is 7.44. The van der Waals surface area contributed by atoms with Gasteiger partial charge < -0.3 is 14.8 Å². The van der Waals surface area contributed by atoms with E-state index in [-0.39, 0.29) is 0 Å². The van der Waals surface area contributed by atoms with Gasteiger partial charge in [0.2, 0.25) is 0 Å². The maximum atomic E-state index is 6.11. The Morgan fingerprint density at radius 2 is 1.89 bits per heavy atom. The molecule has 1 aliphatic heterocycles. The van der Waals surface area contributed by atoms with Crippen LogP contribution in [0.1, 0.15) is 58.8 Å². The van der Waals surface area contributed by atoms with Gasteiger partial charge in [0.1, 0.15) is 0 Å². The van der Waals surface area contributed by atoms with Crippen LogP contribution in [0.4, 0.5) is 0 Å². The lowest BCUT2D eigenvalue weighted by Gasteiger charge is -2.29. The number of hydrogen-bond donors (Lipinski definition) is 1. The Balaban J connectivity index is 1.59. The Hall–Kier alpha value is -0.120. The second kappa shape index (κ2) is 8.23. The minimum Gasteiger partial charge on any atom is -0.375 e. The minimum absolute atomic E-state index is 0.336. The Morgan fingerprint density at radius 3 is 2.68 bits per heavy atom. The van der Waals surface area contributed by atoms with Crippen LogP contribution in [0.2, 0.25) is 0 Å². The molecule has 1 saturated carbocycles. The molecule has 3 nitrogen and oxygen atoms in total. The first kappa shape index (κ1) is 15.3. The van der Waals surface area contributed by atoms with Crippen LogP contribution in [0.5, 0.6) is 0 Å². The standard InChI is InChI=1S/C16H31NO2/c1-3-10-17-11-14-8-9-15(19-14)12-18-16-7-5-4-6-13(16)2/h13-17H,3-12H2,1-2H3. The van der Waals surface area contributed by atoms with Crippen molar-refractivity contribution in [2.24, 2.45) is 5.92 Å². The van der Waals surface area contributed by atoms with E-state index in [9.17, 15) is 0 Å². The monoisotopic (exact) mass is 269 g/mol. The smallest absolute Gasteiger partial charge is 0.0814 e. The average molecular weight is 269 g/mol. The number of hydrogen-bond acceptors (Lipinski definition) is 3. The fraction of sp³-hybridized carbons (Fsp3) is 1.00. The van der Waals surface area contributed by atoms with Gasteiger partial charge in [0.15, 0.2) is 0 Å². The van der Waals surface area contributed by atoms with Crippen molar-refractivity contribution in [3.63, 3.8) is 0 Å². The zero-order valence-corrected chi connectivity index (χ0v) is 12.7. The van der Waals surface area contributed by atoms with E-state index in [4.69, 9.17) is 9.47 Å². The SMILES string of the molecule is CCCNCC1CCC(COC2CCCCC2C)O1. The third kappa shape index (κ3) is 5.05. The molecule has 1 heterocycles. The summed E-state index contributed by atoms with van der Waals surface area (Å²) in [6, 6.07) is 0. The first-order chi connectivity index (χ1) is 9.29. The molecule has 0 aromatic rings. The third-order valence-electron chi connectivity index (χ3n) is 4.52. The molecule has 0 radical (unpaired) electrons. The topological polar surface area (TPSA) is 30.5 Å². The van der Waals surface area contributed by atoms with Crippen molar-refractivity contribution < 1.29 is 9.47 Å². The maximum Gasteiger partial charge on any atom is 0.0814 e. The van der Waals surface area contributed by atoms with Crippen LogP contribution in [-0.4, -0.2) is 38.0 Å². The van der Waals surface area contributed by atoms with Gasteiger partial charge in [-0.3, -0.25) is 0 Å². The first-order valence-corrected chi connectivity index (χ1v) is 8.27. The molecule has 4 atom stereocenters. The molecular weight excluding hydrogens is 238 g/mol. The van der Waals surface area contributed by atoms with Gasteiger partial charge in [-0.05, 0) is 44.6 Å². The number of rotatable bonds is 7. The van der Waals surface area contributed by atoms with Crippen molar-refractivity contribution in [1.82, 2.24) is 5.32 Å². The molecule has 2 fully saturated rings. The summed E-state index contributed by atoms with van der Waals surface area (Å²) >= 11 is 0. The van der Waals surface area contributed by atoms with E-state index in [0.29, 0.717) is 18.3 Å². The molecule has 1 N–H and O–H groups in total. The molecule has 0 amide bonds. The Morgan fingerprint density at radius 1 is 1.11 bits per heavy atom. The van der Waals surface area contributed by atoms with Gasteiger partial charge >= 0.3 is 0 Å². The van der Waals surface area contributed by atoms with Gasteiger partial charge in [-0.15, -0.1) is 0 Å². The van der Waals surface area contributed by atoms with Gasteiger partial charge in [0, 0.05) is 6.54 Å². The lowest BCUT2D eigenvalue weighted by Crippen LogP contribution is -2.31. The molecular formula is C16H31NO2. The summed E-state index contributed by atoms with van der Waals surface area (Å²) < 4.78 is 12.2. The molecule has 4 unspecified atom stereocenters. The fourth-order valence-electron chi connectivity index (χ4n) is 3.25. The molecule has 0 aromatic heterocycles. The van der Waals surface area contributed by atoms with E-state index in [1.54, 1.807) is 0 Å². The summed E-state index contributed by atoms with van der Waals surface area (Å²) in [5.41, 5.74) is 0. The second-order valence-corrected chi connectivity index (χ2v) is 6.30. The fourth-order valence-corrected chi connectivity index (χ4v) is 3.25. The predicted molar refractivity (Wildman–Crippen MR) is 78.4 cm³/mol. The van der Waals surface area contributed by atoms with E-state index in [0.717, 1.165) is 25.6 Å². The van der Waals surface area contributed by atoms with Gasteiger partial charge in [0.25, 0.3) is 0 Å². The number of nitrogens with one attached hydrogen (secondary N) is 1. The average Bonchev–Trinajstić information content (AvgIpc) is 2.86. The Labute approximate surface area is 118 Å². The van der Waals surface area contributed by atoms with Crippen LogP contribution in [-0.2, 0) is 9.47 Å². The van der Waals surface area contributed by atoms with Crippen molar-refractivity contribution >= 4 is 0 Å². The van der Waals surface area contributed by atoms with E-state index in [1.807, 2.05) is 0 Å². The molecule has 1 saturated heterocycles. The van der Waals surface area contributed by atoms with Crippen LogP contribution in [0.15, 0.2) is 0 Å². The van der Waals surface area contributed by atoms with E-state index in [1.165, 1.54) is 44.9 Å². The predicted octanol–water partition coefficient (Wildman–Crippen LogP) is 3.13. The zero-order chi connectivity index (χ0) is 13.5. The van der Waals surface area contributed by atoms with Crippen molar-refractivity contribution in [2.45, 2.75) is 77.1 Å². The highest BCUT2D eigenvalue weighted by Crippen LogP contribution is 2.27. The number of ether oxygens (including phenoxy) is 2. The quantitative estimate of drug-likeness (QED) is 0.720. The lowest BCUT2D eigenvalue weighted by molar-refractivity contribution is -0.0652. The van der Waals surface area contributed by atoms with Gasteiger partial charge in [-0.2, -0.15) is 0 Å². The van der Waals surface area contributed by atoms with E-state index in [2.05, 4.69) is 19.2 Å². The normalized spacial score (nSPS) is 35.7. The highest BCUT2D eigenvalue weighted by molar-refractivity contribution is 4.77. The zero-order valence-electron chi connectivity index (χ0n) is 12.7. The summed E-state index contributed by atoms with van der Waals surface area (Å²) in [5.74, 6) is 0.733. The first-order valence-electron chi connectivity index (χ1n) is 8.27.